The fraction of sp³-hybridized carbons (Fsp3) is 0.464. The van der Waals surface area contributed by atoms with Crippen molar-refractivity contribution in [3.8, 4) is 28.6 Å². The number of fused-ring (bicyclic) bond motifs is 1. The van der Waals surface area contributed by atoms with Crippen LogP contribution in [0.5, 0.6) is 17.2 Å². The average Bonchev–Trinajstić information content (AvgIpc) is 2.95. The molecule has 2 saturated heterocycles. The van der Waals surface area contributed by atoms with Crippen LogP contribution >= 0.6 is 0 Å². The van der Waals surface area contributed by atoms with E-state index in [-0.39, 0.29) is 40.2 Å². The van der Waals surface area contributed by atoms with Crippen LogP contribution in [0.25, 0.3) is 22.3 Å². The molecule has 13 nitrogen and oxygen atoms in total. The highest BCUT2D eigenvalue weighted by atomic mass is 16.7. The first-order valence-corrected chi connectivity index (χ1v) is 13.0. The van der Waals surface area contributed by atoms with Gasteiger partial charge in [0.05, 0.1) is 37.6 Å². The number of rotatable bonds is 6. The second-order valence-electron chi connectivity index (χ2n) is 10.2. The predicted molar refractivity (Wildman–Crippen MR) is 140 cm³/mol. The minimum absolute atomic E-state index is 0.0259. The number of hydrogen-bond donors (Lipinski definition) is 7. The minimum Gasteiger partial charge on any atom is -0.506 e. The second-order valence-corrected chi connectivity index (χ2v) is 10.2. The molecule has 2 aromatic carbocycles. The zero-order valence-electron chi connectivity index (χ0n) is 22.2. The van der Waals surface area contributed by atoms with Gasteiger partial charge in [0, 0.05) is 24.1 Å². The number of benzene rings is 2. The van der Waals surface area contributed by atoms with Gasteiger partial charge in [0.1, 0.15) is 64.5 Å². The molecule has 13 heteroatoms. The number of aliphatic hydroxyl groups is 6. The third kappa shape index (κ3) is 5.38. The molecule has 3 aromatic rings. The summed E-state index contributed by atoms with van der Waals surface area (Å²) in [5.41, 5.74) is 0.118. The molecule has 9 unspecified atom stereocenters. The molecule has 7 N–H and O–H groups in total. The van der Waals surface area contributed by atoms with E-state index in [9.17, 15) is 40.5 Å². The second kappa shape index (κ2) is 11.5. The molecule has 2 aliphatic heterocycles. The Kier molecular flexibility index (Phi) is 8.23. The smallest absolute Gasteiger partial charge is 0.229 e. The van der Waals surface area contributed by atoms with Crippen molar-refractivity contribution in [3.05, 3.63) is 52.2 Å². The number of phenols is 1. The van der Waals surface area contributed by atoms with Gasteiger partial charge < -0.3 is 59.1 Å². The molecule has 0 amide bonds. The monoisotopic (exact) mass is 576 g/mol. The van der Waals surface area contributed by atoms with Crippen LogP contribution in [0.15, 0.2) is 45.6 Å². The molecule has 9 atom stereocenters. The number of methoxy groups -OCH3 is 1. The molecule has 3 heterocycles. The van der Waals surface area contributed by atoms with Crippen LogP contribution < -0.4 is 14.9 Å². The minimum atomic E-state index is -1.59. The molecule has 41 heavy (non-hydrogen) atoms. The quantitative estimate of drug-likeness (QED) is 0.205. The number of phenolic OH excluding ortho intramolecular Hbond substituents is 1. The molecule has 222 valence electrons. The molecule has 0 spiro atoms. The molecule has 2 aliphatic rings. The Morgan fingerprint density at radius 2 is 1.66 bits per heavy atom. The highest BCUT2D eigenvalue weighted by Crippen LogP contribution is 2.45. The lowest BCUT2D eigenvalue weighted by Gasteiger charge is -2.39. The number of aromatic hydroxyl groups is 1. The van der Waals surface area contributed by atoms with Crippen LogP contribution in [0.2, 0.25) is 0 Å². The average molecular weight is 577 g/mol. The van der Waals surface area contributed by atoms with Crippen molar-refractivity contribution >= 4 is 11.0 Å². The number of aliphatic hydroxyl groups excluding tert-OH is 6. The van der Waals surface area contributed by atoms with Crippen LogP contribution in [-0.4, -0.2) is 98.5 Å². The third-order valence-electron chi connectivity index (χ3n) is 7.49. The Labute approximate surface area is 233 Å². The van der Waals surface area contributed by atoms with Crippen LogP contribution in [-0.2, 0) is 9.47 Å². The Bertz CT molecular complexity index is 1420. The van der Waals surface area contributed by atoms with E-state index in [0.29, 0.717) is 5.56 Å². The Morgan fingerprint density at radius 1 is 0.951 bits per heavy atom. The maximum atomic E-state index is 13.2. The van der Waals surface area contributed by atoms with Crippen LogP contribution in [0.3, 0.4) is 0 Å². The van der Waals surface area contributed by atoms with Crippen molar-refractivity contribution < 1.29 is 59.1 Å². The van der Waals surface area contributed by atoms with E-state index in [4.69, 9.17) is 23.4 Å². The summed E-state index contributed by atoms with van der Waals surface area (Å²) in [6, 6.07) is 8.79. The third-order valence-corrected chi connectivity index (χ3v) is 7.49. The van der Waals surface area contributed by atoms with Crippen molar-refractivity contribution in [1.29, 1.82) is 0 Å². The topological polar surface area (TPSA) is 209 Å². The summed E-state index contributed by atoms with van der Waals surface area (Å²) in [6.07, 6.45) is -11.0. The number of hydrogen-bond acceptors (Lipinski definition) is 13. The lowest BCUT2D eigenvalue weighted by atomic mass is 9.92. The molecule has 0 bridgehead atoms. The largest absolute Gasteiger partial charge is 0.506 e. The van der Waals surface area contributed by atoms with Crippen LogP contribution in [0.4, 0.5) is 0 Å². The molecule has 5 rings (SSSR count). The van der Waals surface area contributed by atoms with E-state index in [1.807, 2.05) is 0 Å². The van der Waals surface area contributed by atoms with Gasteiger partial charge in [-0.2, -0.15) is 0 Å². The van der Waals surface area contributed by atoms with Crippen molar-refractivity contribution in [2.24, 2.45) is 0 Å². The normalized spacial score (nSPS) is 32.1. The highest BCUT2D eigenvalue weighted by Gasteiger charge is 2.44. The molecular formula is C28H32O13. The van der Waals surface area contributed by atoms with E-state index in [2.05, 4.69) is 0 Å². The van der Waals surface area contributed by atoms with Crippen molar-refractivity contribution in [3.63, 3.8) is 0 Å². The fourth-order valence-electron chi connectivity index (χ4n) is 5.17. The molecule has 0 radical (unpaired) electrons. The van der Waals surface area contributed by atoms with E-state index in [0.717, 1.165) is 0 Å². The van der Waals surface area contributed by atoms with E-state index in [1.165, 1.54) is 31.4 Å². The maximum absolute atomic E-state index is 13.2. The van der Waals surface area contributed by atoms with Crippen molar-refractivity contribution in [1.82, 2.24) is 0 Å². The van der Waals surface area contributed by atoms with Gasteiger partial charge in [-0.25, -0.2) is 0 Å². The summed E-state index contributed by atoms with van der Waals surface area (Å²) in [5, 5.41) is 70.7. The lowest BCUT2D eigenvalue weighted by molar-refractivity contribution is -0.277. The van der Waals surface area contributed by atoms with Crippen molar-refractivity contribution in [2.75, 3.05) is 13.7 Å². The first-order valence-electron chi connectivity index (χ1n) is 13.0. The Hall–Kier alpha value is -3.27. The maximum Gasteiger partial charge on any atom is 0.229 e. The zero-order valence-corrected chi connectivity index (χ0v) is 22.2. The van der Waals surface area contributed by atoms with Gasteiger partial charge in [-0.05, 0) is 31.2 Å². The first-order chi connectivity index (χ1) is 19.5. The van der Waals surface area contributed by atoms with Gasteiger partial charge >= 0.3 is 0 Å². The Morgan fingerprint density at radius 3 is 2.29 bits per heavy atom. The summed E-state index contributed by atoms with van der Waals surface area (Å²) in [4.78, 5) is 13.2. The molecular weight excluding hydrogens is 544 g/mol. The molecule has 2 fully saturated rings. The van der Waals surface area contributed by atoms with Crippen molar-refractivity contribution in [2.45, 2.75) is 68.5 Å². The van der Waals surface area contributed by atoms with Gasteiger partial charge in [0.15, 0.2) is 5.43 Å². The van der Waals surface area contributed by atoms with Crippen LogP contribution in [0, 0.1) is 0 Å². The van der Waals surface area contributed by atoms with Gasteiger partial charge in [-0.1, -0.05) is 0 Å². The van der Waals surface area contributed by atoms with Crippen LogP contribution in [0.1, 0.15) is 25.0 Å². The summed E-state index contributed by atoms with van der Waals surface area (Å²) in [7, 11) is 1.37. The predicted octanol–water partition coefficient (Wildman–Crippen LogP) is -0.0754. The van der Waals surface area contributed by atoms with E-state index in [1.54, 1.807) is 19.1 Å². The summed E-state index contributed by atoms with van der Waals surface area (Å²) in [6.45, 7) is 0.996. The molecule has 0 saturated carbocycles. The summed E-state index contributed by atoms with van der Waals surface area (Å²) < 4.78 is 28.2. The van der Waals surface area contributed by atoms with Gasteiger partial charge in [-0.3, -0.25) is 4.79 Å². The SMILES string of the molecule is COc1cc2oc(-c3ccc(OC4OC(CO)C(O)C(O)C4O)cc3)cc(=O)c2c(O)c1C1CC(O)C(O)C(C)O1. The Balaban J connectivity index is 1.43. The van der Waals surface area contributed by atoms with Gasteiger partial charge in [0.25, 0.3) is 0 Å². The number of ether oxygens (including phenoxy) is 4. The molecule has 0 aliphatic carbocycles. The first kappa shape index (κ1) is 29.2. The highest BCUT2D eigenvalue weighted by molar-refractivity contribution is 5.88. The molecule has 1 aromatic heterocycles. The standard InChI is InChI=1S/C28H32O13/c1-11-23(32)15(31)8-18(38-11)22-17(37-2)9-19-21(25(22)34)14(30)7-16(40-19)12-3-5-13(6-4-12)39-28-27(36)26(35)24(33)20(10-29)41-28/h3-7,9,11,15,18,20,23-24,26-29,31-36H,8,10H2,1-2H3. The van der Waals surface area contributed by atoms with E-state index >= 15 is 0 Å². The zero-order chi connectivity index (χ0) is 29.6. The van der Waals surface area contributed by atoms with Gasteiger partial charge in [0.2, 0.25) is 6.29 Å². The van der Waals surface area contributed by atoms with E-state index < -0.39 is 72.9 Å². The van der Waals surface area contributed by atoms with Gasteiger partial charge in [-0.15, -0.1) is 0 Å². The summed E-state index contributed by atoms with van der Waals surface area (Å²) >= 11 is 0. The lowest BCUT2D eigenvalue weighted by Crippen LogP contribution is -2.60. The fourth-order valence-corrected chi connectivity index (χ4v) is 5.17. The summed E-state index contributed by atoms with van der Waals surface area (Å²) in [5.74, 6) is 0.138.